The summed E-state index contributed by atoms with van der Waals surface area (Å²) in [6.45, 7) is 4.01. The zero-order valence-corrected chi connectivity index (χ0v) is 17.2. The molecule has 4 rings (SSSR count). The summed E-state index contributed by atoms with van der Waals surface area (Å²) in [7, 11) is 1.68. The Morgan fingerprint density at radius 1 is 1.21 bits per heavy atom. The number of benzene rings is 1. The van der Waals surface area contributed by atoms with Crippen molar-refractivity contribution in [1.82, 2.24) is 19.3 Å². The molecule has 0 N–H and O–H groups in total. The van der Waals surface area contributed by atoms with Gasteiger partial charge in [0.15, 0.2) is 22.5 Å². The van der Waals surface area contributed by atoms with Crippen LogP contribution in [0.15, 0.2) is 58.4 Å². The highest BCUT2D eigenvalue weighted by Crippen LogP contribution is 2.27. The third kappa shape index (κ3) is 3.86. The first kappa shape index (κ1) is 19.5. The van der Waals surface area contributed by atoms with Crippen molar-refractivity contribution in [3.63, 3.8) is 0 Å². The number of hydrogen-bond acceptors (Lipinski definition) is 6. The molecule has 8 heteroatoms. The van der Waals surface area contributed by atoms with Gasteiger partial charge in [0.2, 0.25) is 0 Å². The number of para-hydroxylation sites is 1. The molecule has 0 unspecified atom stereocenters. The third-order valence-corrected chi connectivity index (χ3v) is 5.70. The van der Waals surface area contributed by atoms with Crippen LogP contribution in [-0.2, 0) is 17.8 Å². The quantitative estimate of drug-likeness (QED) is 0.305. The van der Waals surface area contributed by atoms with E-state index in [1.54, 1.807) is 13.4 Å². The monoisotopic (exact) mass is 410 g/mol. The van der Waals surface area contributed by atoms with Crippen molar-refractivity contribution in [3.05, 3.63) is 54.4 Å². The summed E-state index contributed by atoms with van der Waals surface area (Å²) < 4.78 is 14.7. The van der Waals surface area contributed by atoms with E-state index < -0.39 is 0 Å². The molecule has 0 aliphatic carbocycles. The molecule has 7 nitrogen and oxygen atoms in total. The van der Waals surface area contributed by atoms with Crippen molar-refractivity contribution < 1.29 is 13.9 Å². The topological polar surface area (TPSA) is 75.1 Å². The van der Waals surface area contributed by atoms with Crippen LogP contribution in [0.25, 0.3) is 22.5 Å². The molecule has 1 aromatic carbocycles. The maximum Gasteiger partial charge on any atom is 0.200 e. The molecule has 0 atom stereocenters. The maximum absolute atomic E-state index is 13.0. The highest BCUT2D eigenvalue weighted by Gasteiger charge is 2.19. The lowest BCUT2D eigenvalue weighted by Gasteiger charge is -2.05. The number of aromatic nitrogens is 4. The summed E-state index contributed by atoms with van der Waals surface area (Å²) in [4.78, 5) is 13.0. The summed E-state index contributed by atoms with van der Waals surface area (Å²) in [5.74, 6) is 1.68. The molecule has 3 heterocycles. The van der Waals surface area contributed by atoms with Crippen LogP contribution in [0.2, 0.25) is 0 Å². The van der Waals surface area contributed by atoms with Crippen molar-refractivity contribution in [1.29, 1.82) is 0 Å². The number of rotatable bonds is 9. The summed E-state index contributed by atoms with van der Waals surface area (Å²) in [6.07, 6.45) is 3.53. The molecule has 0 amide bonds. The number of hydrogen-bond donors (Lipinski definition) is 0. The largest absolute Gasteiger partial charge is 0.461 e. The van der Waals surface area contributed by atoms with Gasteiger partial charge in [-0.15, -0.1) is 10.2 Å². The Bertz CT molecular complexity index is 1110. The fraction of sp³-hybridized carbons (Fsp3) is 0.286. The van der Waals surface area contributed by atoms with Crippen LogP contribution in [0, 0.1) is 0 Å². The molecule has 29 heavy (non-hydrogen) atoms. The van der Waals surface area contributed by atoms with Crippen LogP contribution in [-0.4, -0.2) is 44.6 Å². The lowest BCUT2D eigenvalue weighted by Crippen LogP contribution is -2.05. The lowest BCUT2D eigenvalue weighted by atomic mass is 10.1. The van der Waals surface area contributed by atoms with Gasteiger partial charge in [0, 0.05) is 42.9 Å². The standard InChI is InChI=1S/C21H22N4O3S/c1-3-25-20(19-9-6-11-28-19)22-23-21(25)29-14-18(26)16-13-24(10-12-27-2)17-8-5-4-7-15(16)17/h4-9,11,13H,3,10,12,14H2,1-2H3. The molecule has 0 bridgehead atoms. The van der Waals surface area contributed by atoms with Crippen molar-refractivity contribution in [2.45, 2.75) is 25.2 Å². The molecule has 0 spiro atoms. The van der Waals surface area contributed by atoms with Gasteiger partial charge in [-0.1, -0.05) is 30.0 Å². The second-order valence-corrected chi connectivity index (χ2v) is 7.43. The molecule has 0 fully saturated rings. The highest BCUT2D eigenvalue weighted by atomic mass is 32.2. The second kappa shape index (κ2) is 8.67. The predicted molar refractivity (Wildman–Crippen MR) is 112 cm³/mol. The summed E-state index contributed by atoms with van der Waals surface area (Å²) in [5, 5.41) is 10.2. The zero-order chi connectivity index (χ0) is 20.2. The Hall–Kier alpha value is -2.84. The van der Waals surface area contributed by atoms with Crippen LogP contribution in [0.5, 0.6) is 0 Å². The molecule has 0 saturated heterocycles. The molecule has 4 aromatic rings. The fourth-order valence-electron chi connectivity index (χ4n) is 3.32. The summed E-state index contributed by atoms with van der Waals surface area (Å²) >= 11 is 1.39. The number of furan rings is 1. The summed E-state index contributed by atoms with van der Waals surface area (Å²) in [6, 6.07) is 11.6. The van der Waals surface area contributed by atoms with Gasteiger partial charge in [0.1, 0.15) is 0 Å². The molecule has 150 valence electrons. The summed E-state index contributed by atoms with van der Waals surface area (Å²) in [5.41, 5.74) is 1.76. The number of carbonyl (C=O) groups is 1. The van der Waals surface area contributed by atoms with Crippen LogP contribution in [0.4, 0.5) is 0 Å². The average molecular weight is 410 g/mol. The number of Topliss-reactive ketones (excluding diaryl/α,β-unsaturated/α-hetero) is 1. The van der Waals surface area contributed by atoms with Gasteiger partial charge in [-0.3, -0.25) is 9.36 Å². The van der Waals surface area contributed by atoms with Crippen LogP contribution in [0.3, 0.4) is 0 Å². The number of carbonyl (C=O) groups excluding carboxylic acids is 1. The van der Waals surface area contributed by atoms with Crippen molar-refractivity contribution in [2.75, 3.05) is 19.5 Å². The molecule has 0 radical (unpaired) electrons. The fourth-order valence-corrected chi connectivity index (χ4v) is 4.21. The van der Waals surface area contributed by atoms with Gasteiger partial charge in [0.25, 0.3) is 0 Å². The van der Waals surface area contributed by atoms with Gasteiger partial charge >= 0.3 is 0 Å². The van der Waals surface area contributed by atoms with Crippen molar-refractivity contribution in [3.8, 4) is 11.6 Å². The average Bonchev–Trinajstić information content (AvgIpc) is 3.48. The van der Waals surface area contributed by atoms with E-state index in [1.807, 2.05) is 54.1 Å². The number of nitrogens with zero attached hydrogens (tertiary/aromatic N) is 4. The van der Waals surface area contributed by atoms with Crippen LogP contribution < -0.4 is 0 Å². The lowest BCUT2D eigenvalue weighted by molar-refractivity contribution is 0.102. The molecule has 0 aliphatic heterocycles. The van der Waals surface area contributed by atoms with E-state index in [1.165, 1.54) is 11.8 Å². The first-order valence-corrected chi connectivity index (χ1v) is 10.4. The number of thioether (sulfide) groups is 1. The highest BCUT2D eigenvalue weighted by molar-refractivity contribution is 7.99. The van der Waals surface area contributed by atoms with Crippen LogP contribution >= 0.6 is 11.8 Å². The van der Waals surface area contributed by atoms with E-state index in [0.717, 1.165) is 16.5 Å². The zero-order valence-electron chi connectivity index (χ0n) is 16.4. The second-order valence-electron chi connectivity index (χ2n) is 6.49. The number of ketones is 1. The first-order valence-electron chi connectivity index (χ1n) is 9.42. The number of methoxy groups -OCH3 is 1. The minimum atomic E-state index is 0.0626. The van der Waals surface area contributed by atoms with Gasteiger partial charge < -0.3 is 13.7 Å². The normalized spacial score (nSPS) is 11.4. The minimum absolute atomic E-state index is 0.0626. The Kier molecular flexibility index (Phi) is 5.82. The van der Waals surface area contributed by atoms with Gasteiger partial charge in [0.05, 0.1) is 18.6 Å². The van der Waals surface area contributed by atoms with Gasteiger partial charge in [-0.25, -0.2) is 0 Å². The Labute approximate surface area is 172 Å². The van der Waals surface area contributed by atoms with E-state index in [4.69, 9.17) is 9.15 Å². The van der Waals surface area contributed by atoms with E-state index in [2.05, 4.69) is 14.8 Å². The molecular formula is C21H22N4O3S. The smallest absolute Gasteiger partial charge is 0.200 e. The van der Waals surface area contributed by atoms with E-state index in [9.17, 15) is 4.79 Å². The van der Waals surface area contributed by atoms with Gasteiger partial charge in [-0.2, -0.15) is 0 Å². The Morgan fingerprint density at radius 2 is 2.07 bits per heavy atom. The molecular weight excluding hydrogens is 388 g/mol. The number of ether oxygens (including phenoxy) is 1. The van der Waals surface area contributed by atoms with Crippen molar-refractivity contribution >= 4 is 28.4 Å². The first-order chi connectivity index (χ1) is 14.2. The van der Waals surface area contributed by atoms with Crippen molar-refractivity contribution in [2.24, 2.45) is 0 Å². The Balaban J connectivity index is 1.55. The molecule has 3 aromatic heterocycles. The van der Waals surface area contributed by atoms with Gasteiger partial charge in [-0.05, 0) is 25.1 Å². The van der Waals surface area contributed by atoms with E-state index in [0.29, 0.717) is 36.4 Å². The van der Waals surface area contributed by atoms with E-state index >= 15 is 0 Å². The van der Waals surface area contributed by atoms with Crippen LogP contribution in [0.1, 0.15) is 17.3 Å². The number of fused-ring (bicyclic) bond motifs is 1. The maximum atomic E-state index is 13.0. The Morgan fingerprint density at radius 3 is 2.83 bits per heavy atom. The minimum Gasteiger partial charge on any atom is -0.461 e. The molecule has 0 aliphatic rings. The van der Waals surface area contributed by atoms with E-state index in [-0.39, 0.29) is 11.5 Å². The third-order valence-electron chi connectivity index (χ3n) is 4.73. The molecule has 0 saturated carbocycles. The SMILES string of the molecule is CCn1c(SCC(=O)c2cn(CCOC)c3ccccc23)nnc1-c1ccco1. The predicted octanol–water partition coefficient (Wildman–Crippen LogP) is 4.13.